The zero-order chi connectivity index (χ0) is 13.7. The lowest BCUT2D eigenvalue weighted by atomic mass is 10.2. The van der Waals surface area contributed by atoms with Gasteiger partial charge in [-0.2, -0.15) is 0 Å². The van der Waals surface area contributed by atoms with Crippen LogP contribution in [-0.2, 0) is 4.79 Å². The number of anilines is 2. The second-order valence-electron chi connectivity index (χ2n) is 4.24. The van der Waals surface area contributed by atoms with E-state index >= 15 is 0 Å². The molecular formula is C15H16N2O2. The molecule has 2 aromatic rings. The minimum Gasteiger partial charge on any atom is -0.482 e. The molecule has 0 radical (unpaired) electrons. The molecule has 3 N–H and O–H groups in total. The first kappa shape index (κ1) is 13.0. The van der Waals surface area contributed by atoms with E-state index in [9.17, 15) is 4.79 Å². The van der Waals surface area contributed by atoms with Crippen LogP contribution < -0.4 is 15.8 Å². The van der Waals surface area contributed by atoms with Crippen molar-refractivity contribution in [2.75, 3.05) is 17.7 Å². The normalized spacial score (nSPS) is 9.95. The molecule has 0 bridgehead atoms. The van der Waals surface area contributed by atoms with Crippen LogP contribution in [0.25, 0.3) is 0 Å². The van der Waals surface area contributed by atoms with Crippen molar-refractivity contribution in [3.05, 3.63) is 54.1 Å². The third-order valence-electron chi connectivity index (χ3n) is 2.58. The van der Waals surface area contributed by atoms with E-state index in [2.05, 4.69) is 5.32 Å². The molecule has 0 heterocycles. The Bertz CT molecular complexity index is 568. The van der Waals surface area contributed by atoms with E-state index in [1.807, 2.05) is 49.4 Å². The first-order valence-electron chi connectivity index (χ1n) is 5.99. The Morgan fingerprint density at radius 2 is 1.95 bits per heavy atom. The van der Waals surface area contributed by atoms with Crippen LogP contribution in [0.1, 0.15) is 5.56 Å². The van der Waals surface area contributed by atoms with Crippen molar-refractivity contribution < 1.29 is 9.53 Å². The largest absolute Gasteiger partial charge is 0.482 e. The highest BCUT2D eigenvalue weighted by Crippen LogP contribution is 2.21. The molecule has 0 aliphatic rings. The number of nitrogen functional groups attached to an aromatic ring is 1. The van der Waals surface area contributed by atoms with Gasteiger partial charge in [0.1, 0.15) is 5.75 Å². The maximum Gasteiger partial charge on any atom is 0.262 e. The summed E-state index contributed by atoms with van der Waals surface area (Å²) in [6, 6.07) is 14.7. The zero-order valence-corrected chi connectivity index (χ0v) is 10.7. The Balaban J connectivity index is 1.90. The number of para-hydroxylation sites is 1. The van der Waals surface area contributed by atoms with Crippen LogP contribution in [0, 0.1) is 6.92 Å². The fraction of sp³-hybridized carbons (Fsp3) is 0.133. The van der Waals surface area contributed by atoms with Crippen LogP contribution in [0.3, 0.4) is 0 Å². The minimum atomic E-state index is -0.217. The molecule has 98 valence electrons. The lowest BCUT2D eigenvalue weighted by molar-refractivity contribution is -0.118. The van der Waals surface area contributed by atoms with E-state index in [1.165, 1.54) is 0 Å². The van der Waals surface area contributed by atoms with E-state index in [0.29, 0.717) is 11.4 Å². The second-order valence-corrected chi connectivity index (χ2v) is 4.24. The highest BCUT2D eigenvalue weighted by Gasteiger charge is 2.05. The molecule has 0 aliphatic carbocycles. The van der Waals surface area contributed by atoms with Gasteiger partial charge in [0.2, 0.25) is 0 Å². The van der Waals surface area contributed by atoms with Crippen molar-refractivity contribution in [3.63, 3.8) is 0 Å². The van der Waals surface area contributed by atoms with Crippen LogP contribution in [-0.4, -0.2) is 12.5 Å². The standard InChI is InChI=1S/C15H16N2O2/c1-11-7-8-14(13(16)9-11)19-10-15(18)17-12-5-3-2-4-6-12/h2-9H,10,16H2,1H3,(H,17,18). The number of carbonyl (C=O) groups is 1. The molecule has 0 saturated heterocycles. The first-order chi connectivity index (χ1) is 9.15. The SMILES string of the molecule is Cc1ccc(OCC(=O)Nc2ccccc2)c(N)c1. The predicted octanol–water partition coefficient (Wildman–Crippen LogP) is 2.59. The number of hydrogen-bond donors (Lipinski definition) is 2. The van der Waals surface area contributed by atoms with Gasteiger partial charge in [-0.3, -0.25) is 4.79 Å². The summed E-state index contributed by atoms with van der Waals surface area (Å²) >= 11 is 0. The molecule has 0 spiro atoms. The van der Waals surface area contributed by atoms with Gasteiger partial charge in [0.25, 0.3) is 5.91 Å². The third-order valence-corrected chi connectivity index (χ3v) is 2.58. The number of aryl methyl sites for hydroxylation is 1. The van der Waals surface area contributed by atoms with Crippen LogP contribution >= 0.6 is 0 Å². The van der Waals surface area contributed by atoms with Crippen molar-refractivity contribution in [3.8, 4) is 5.75 Å². The maximum atomic E-state index is 11.7. The van der Waals surface area contributed by atoms with Gasteiger partial charge in [-0.15, -0.1) is 0 Å². The number of nitrogens with one attached hydrogen (secondary N) is 1. The highest BCUT2D eigenvalue weighted by atomic mass is 16.5. The molecule has 1 amide bonds. The fourth-order valence-electron chi connectivity index (χ4n) is 1.66. The van der Waals surface area contributed by atoms with Gasteiger partial charge in [-0.1, -0.05) is 24.3 Å². The number of nitrogens with two attached hydrogens (primary N) is 1. The molecule has 2 rings (SSSR count). The number of carbonyl (C=O) groups excluding carboxylic acids is 1. The van der Waals surface area contributed by atoms with Gasteiger partial charge in [0.05, 0.1) is 5.69 Å². The molecule has 19 heavy (non-hydrogen) atoms. The molecule has 4 nitrogen and oxygen atoms in total. The van der Waals surface area contributed by atoms with Gasteiger partial charge in [0.15, 0.2) is 6.61 Å². The Morgan fingerprint density at radius 1 is 1.21 bits per heavy atom. The summed E-state index contributed by atoms with van der Waals surface area (Å²) in [5.74, 6) is 0.306. The molecule has 4 heteroatoms. The zero-order valence-electron chi connectivity index (χ0n) is 10.7. The van der Waals surface area contributed by atoms with Crippen molar-refractivity contribution in [1.82, 2.24) is 0 Å². The van der Waals surface area contributed by atoms with E-state index < -0.39 is 0 Å². The smallest absolute Gasteiger partial charge is 0.262 e. The van der Waals surface area contributed by atoms with Crippen molar-refractivity contribution in [2.24, 2.45) is 0 Å². The molecular weight excluding hydrogens is 240 g/mol. The molecule has 0 aliphatic heterocycles. The van der Waals surface area contributed by atoms with Gasteiger partial charge < -0.3 is 15.8 Å². The van der Waals surface area contributed by atoms with E-state index in [4.69, 9.17) is 10.5 Å². The summed E-state index contributed by atoms with van der Waals surface area (Å²) in [6.45, 7) is 1.88. The van der Waals surface area contributed by atoms with E-state index in [1.54, 1.807) is 6.07 Å². The molecule has 0 aromatic heterocycles. The highest BCUT2D eigenvalue weighted by molar-refractivity contribution is 5.91. The Morgan fingerprint density at radius 3 is 2.63 bits per heavy atom. The van der Waals surface area contributed by atoms with E-state index in [-0.39, 0.29) is 12.5 Å². The van der Waals surface area contributed by atoms with Crippen molar-refractivity contribution in [1.29, 1.82) is 0 Å². The minimum absolute atomic E-state index is 0.0673. The summed E-state index contributed by atoms with van der Waals surface area (Å²) in [4.78, 5) is 11.7. The van der Waals surface area contributed by atoms with Crippen LogP contribution in [0.4, 0.5) is 11.4 Å². The monoisotopic (exact) mass is 256 g/mol. The average molecular weight is 256 g/mol. The average Bonchev–Trinajstić information content (AvgIpc) is 2.39. The predicted molar refractivity (Wildman–Crippen MR) is 76.2 cm³/mol. The maximum absolute atomic E-state index is 11.7. The van der Waals surface area contributed by atoms with Gasteiger partial charge in [-0.25, -0.2) is 0 Å². The number of amides is 1. The van der Waals surface area contributed by atoms with E-state index in [0.717, 1.165) is 11.3 Å². The second kappa shape index (κ2) is 5.91. The Labute approximate surface area is 112 Å². The summed E-state index contributed by atoms with van der Waals surface area (Å²) in [6.07, 6.45) is 0. The molecule has 0 saturated carbocycles. The fourth-order valence-corrected chi connectivity index (χ4v) is 1.66. The summed E-state index contributed by atoms with van der Waals surface area (Å²) in [7, 11) is 0. The Hall–Kier alpha value is -2.49. The Kier molecular flexibility index (Phi) is 4.03. The first-order valence-corrected chi connectivity index (χ1v) is 5.99. The number of rotatable bonds is 4. The topological polar surface area (TPSA) is 64.3 Å². The molecule has 0 fully saturated rings. The number of benzene rings is 2. The number of ether oxygens (including phenoxy) is 1. The number of hydrogen-bond acceptors (Lipinski definition) is 3. The van der Waals surface area contributed by atoms with Crippen molar-refractivity contribution >= 4 is 17.3 Å². The van der Waals surface area contributed by atoms with Gasteiger partial charge in [-0.05, 0) is 36.8 Å². The van der Waals surface area contributed by atoms with Crippen molar-refractivity contribution in [2.45, 2.75) is 6.92 Å². The van der Waals surface area contributed by atoms with Crippen LogP contribution in [0.15, 0.2) is 48.5 Å². The molecule has 2 aromatic carbocycles. The summed E-state index contributed by atoms with van der Waals surface area (Å²) < 4.78 is 5.39. The van der Waals surface area contributed by atoms with Crippen LogP contribution in [0.5, 0.6) is 5.75 Å². The summed E-state index contributed by atoms with van der Waals surface area (Å²) in [5.41, 5.74) is 8.14. The quantitative estimate of drug-likeness (QED) is 0.826. The lowest BCUT2D eigenvalue weighted by Crippen LogP contribution is -2.20. The van der Waals surface area contributed by atoms with Crippen LogP contribution in [0.2, 0.25) is 0 Å². The molecule has 0 unspecified atom stereocenters. The van der Waals surface area contributed by atoms with Gasteiger partial charge in [0, 0.05) is 5.69 Å². The lowest BCUT2D eigenvalue weighted by Gasteiger charge is -2.09. The molecule has 0 atom stereocenters. The summed E-state index contributed by atoms with van der Waals surface area (Å²) in [5, 5.41) is 2.74. The third kappa shape index (κ3) is 3.74. The van der Waals surface area contributed by atoms with Gasteiger partial charge >= 0.3 is 0 Å².